The number of aromatic nitrogens is 1. The Morgan fingerprint density at radius 1 is 1.03 bits per heavy atom. The first-order valence-electron chi connectivity index (χ1n) is 8.64. The number of ether oxygens (including phenoxy) is 3. The van der Waals surface area contributed by atoms with Gasteiger partial charge in [0, 0.05) is 0 Å². The minimum absolute atomic E-state index is 0.0334. The molecule has 0 radical (unpaired) electrons. The van der Waals surface area contributed by atoms with Crippen LogP contribution in [0.4, 0.5) is 5.69 Å². The summed E-state index contributed by atoms with van der Waals surface area (Å²) in [7, 11) is 6.08. The molecule has 1 heterocycles. The summed E-state index contributed by atoms with van der Waals surface area (Å²) in [6, 6.07) is 9.83. The number of nitro groups is 1. The summed E-state index contributed by atoms with van der Waals surface area (Å²) >= 11 is -0.116. The molecule has 3 rings (SSSR count). The molecule has 0 fully saturated rings. The normalized spacial score (nSPS) is 11.1. The second-order valence-electron chi connectivity index (χ2n) is 5.88. The van der Waals surface area contributed by atoms with E-state index in [1.807, 2.05) is 4.94 Å². The molecule has 0 N–H and O–H groups in total. The van der Waals surface area contributed by atoms with Crippen molar-refractivity contribution in [3.63, 3.8) is 0 Å². The predicted molar refractivity (Wildman–Crippen MR) is 112 cm³/mol. The summed E-state index contributed by atoms with van der Waals surface area (Å²) in [6.45, 7) is 0. The molecule has 0 unspecified atom stereocenters. The van der Waals surface area contributed by atoms with Crippen molar-refractivity contribution in [3.05, 3.63) is 61.6 Å². The van der Waals surface area contributed by atoms with E-state index >= 15 is 0 Å². The van der Waals surface area contributed by atoms with Gasteiger partial charge in [-0.1, -0.05) is 0 Å². The van der Waals surface area contributed by atoms with Gasteiger partial charge in [-0.25, -0.2) is 0 Å². The molecule has 156 valence electrons. The summed E-state index contributed by atoms with van der Waals surface area (Å²) in [5, 5.41) is 15.0. The van der Waals surface area contributed by atoms with Crippen LogP contribution in [0.2, 0.25) is 0 Å². The molecule has 0 aliphatic rings. The van der Waals surface area contributed by atoms with Crippen molar-refractivity contribution in [2.45, 2.75) is 0 Å². The minimum atomic E-state index is -0.431. The zero-order chi connectivity index (χ0) is 21.7. The number of rotatable bonds is 8. The van der Waals surface area contributed by atoms with Gasteiger partial charge in [0.05, 0.1) is 0 Å². The van der Waals surface area contributed by atoms with Crippen LogP contribution < -0.4 is 14.2 Å². The van der Waals surface area contributed by atoms with Crippen LogP contribution in [0, 0.1) is 10.1 Å². The molecule has 9 nitrogen and oxygen atoms in total. The molecule has 0 saturated carbocycles. The van der Waals surface area contributed by atoms with E-state index in [4.69, 9.17) is 24.0 Å². The Morgan fingerprint density at radius 3 is 2.17 bits per heavy atom. The van der Waals surface area contributed by atoms with Crippen molar-refractivity contribution in [2.75, 3.05) is 28.4 Å². The van der Waals surface area contributed by atoms with E-state index in [2.05, 4.69) is 5.16 Å². The average molecular weight is 476 g/mol. The first-order chi connectivity index (χ1) is 14.5. The third-order valence-electron chi connectivity index (χ3n) is 4.20. The van der Waals surface area contributed by atoms with Crippen molar-refractivity contribution in [2.24, 2.45) is 5.16 Å². The molecule has 0 bridgehead atoms. The Balaban J connectivity index is 2.03. The van der Waals surface area contributed by atoms with Crippen molar-refractivity contribution < 1.29 is 24.0 Å². The van der Waals surface area contributed by atoms with Crippen LogP contribution in [0.25, 0.3) is 11.3 Å². The fourth-order valence-corrected chi connectivity index (χ4v) is 4.53. The van der Waals surface area contributed by atoms with Crippen LogP contribution in [-0.2, 0) is 4.84 Å². The Hall–Kier alpha value is -3.36. The van der Waals surface area contributed by atoms with Gasteiger partial charge in [-0.05, 0) is 0 Å². The fraction of sp³-hybridized carbons (Fsp3) is 0.200. The summed E-state index contributed by atoms with van der Waals surface area (Å²) in [6.07, 6.45) is 0. The van der Waals surface area contributed by atoms with E-state index in [0.29, 0.717) is 28.5 Å². The van der Waals surface area contributed by atoms with Crippen LogP contribution in [0.15, 0.2) is 46.5 Å². The van der Waals surface area contributed by atoms with E-state index in [1.54, 1.807) is 38.5 Å². The average Bonchev–Trinajstić information content (AvgIpc) is 3.26. The van der Waals surface area contributed by atoms with E-state index in [9.17, 15) is 10.1 Å². The van der Waals surface area contributed by atoms with Gasteiger partial charge >= 0.3 is 179 Å². The third-order valence-corrected chi connectivity index (χ3v) is 5.98. The van der Waals surface area contributed by atoms with Crippen LogP contribution in [-0.4, -0.2) is 58.6 Å². The summed E-state index contributed by atoms with van der Waals surface area (Å²) in [5.41, 5.74) is 2.80. The summed E-state index contributed by atoms with van der Waals surface area (Å²) in [4.78, 5) is 22.2. The standard InChI is InChI=1S/C20H19N3O6Se/c1-26-16-9-13(10-17(27-2)19(16)28-3)18(22-29-4)20-21-15(11-30-20)12-5-7-14(8-6-12)23(24)25/h5-11H,1-4H3. The Morgan fingerprint density at radius 2 is 1.67 bits per heavy atom. The van der Waals surface area contributed by atoms with E-state index in [-0.39, 0.29) is 20.2 Å². The Bertz CT molecular complexity index is 1050. The number of methoxy groups -OCH3 is 3. The second kappa shape index (κ2) is 9.42. The summed E-state index contributed by atoms with van der Waals surface area (Å²) < 4.78 is 17.0. The van der Waals surface area contributed by atoms with Gasteiger partial charge in [0.1, 0.15) is 0 Å². The molecule has 10 heteroatoms. The first-order valence-corrected chi connectivity index (χ1v) is 10.5. The molecule has 0 saturated heterocycles. The molecular weight excluding hydrogens is 457 g/mol. The van der Waals surface area contributed by atoms with Crippen LogP contribution in [0.1, 0.15) is 10.1 Å². The molecule has 0 atom stereocenters. The van der Waals surface area contributed by atoms with Crippen LogP contribution in [0.3, 0.4) is 0 Å². The number of benzene rings is 2. The quantitative estimate of drug-likeness (QED) is 0.213. The Labute approximate surface area is 178 Å². The van der Waals surface area contributed by atoms with Crippen molar-refractivity contribution in [1.29, 1.82) is 0 Å². The fourth-order valence-electron chi connectivity index (χ4n) is 2.79. The van der Waals surface area contributed by atoms with Gasteiger partial charge in [-0.15, -0.1) is 0 Å². The van der Waals surface area contributed by atoms with E-state index in [0.717, 1.165) is 15.8 Å². The molecule has 0 amide bonds. The topological polar surface area (TPSA) is 105 Å². The first kappa shape index (κ1) is 21.4. The molecular formula is C20H19N3O6Se. The number of nitrogens with zero attached hydrogens (tertiary/aromatic N) is 3. The molecule has 30 heavy (non-hydrogen) atoms. The number of non-ortho nitro benzene ring substituents is 1. The molecule has 0 aliphatic heterocycles. The monoisotopic (exact) mass is 477 g/mol. The number of hydrogen-bond acceptors (Lipinski definition) is 8. The van der Waals surface area contributed by atoms with E-state index < -0.39 is 4.92 Å². The predicted octanol–water partition coefficient (Wildman–Crippen LogP) is 3.14. The van der Waals surface area contributed by atoms with Crippen molar-refractivity contribution >= 4 is 25.9 Å². The van der Waals surface area contributed by atoms with Gasteiger partial charge in [-0.3, -0.25) is 0 Å². The SMILES string of the molecule is CON=C(c1cc(OC)c(OC)c(OC)c1)c1nc(-c2ccc([N+](=O)[O-])cc2)c[se]1. The van der Waals surface area contributed by atoms with Gasteiger partial charge in [0.2, 0.25) is 0 Å². The molecule has 0 spiro atoms. The zero-order valence-electron chi connectivity index (χ0n) is 16.7. The number of nitro benzene ring substituents is 1. The zero-order valence-corrected chi connectivity index (χ0v) is 18.5. The van der Waals surface area contributed by atoms with Gasteiger partial charge in [0.25, 0.3) is 0 Å². The van der Waals surface area contributed by atoms with Crippen LogP contribution in [0.5, 0.6) is 17.2 Å². The molecule has 3 aromatic rings. The van der Waals surface area contributed by atoms with E-state index in [1.165, 1.54) is 26.4 Å². The molecule has 0 aliphatic carbocycles. The summed E-state index contributed by atoms with van der Waals surface area (Å²) in [5.74, 6) is 1.46. The number of oxime groups is 1. The van der Waals surface area contributed by atoms with Crippen molar-refractivity contribution in [1.82, 2.24) is 4.98 Å². The van der Waals surface area contributed by atoms with Gasteiger partial charge in [-0.2, -0.15) is 0 Å². The van der Waals surface area contributed by atoms with Gasteiger partial charge in [0.15, 0.2) is 0 Å². The third kappa shape index (κ3) is 4.29. The van der Waals surface area contributed by atoms with Gasteiger partial charge < -0.3 is 0 Å². The maximum absolute atomic E-state index is 10.9. The number of hydrogen-bond donors (Lipinski definition) is 0. The molecule has 1 aromatic heterocycles. The van der Waals surface area contributed by atoms with Crippen LogP contribution >= 0.6 is 0 Å². The molecule has 2 aromatic carbocycles. The maximum atomic E-state index is 10.9. The second-order valence-corrected chi connectivity index (χ2v) is 7.68. The Kier molecular flexibility index (Phi) is 6.71. The van der Waals surface area contributed by atoms with Crippen molar-refractivity contribution in [3.8, 4) is 28.5 Å².